The second-order valence-corrected chi connectivity index (χ2v) is 3.44. The first-order valence-electron chi connectivity index (χ1n) is 4.64. The highest BCUT2D eigenvalue weighted by atomic mass is 16.1. The summed E-state index contributed by atoms with van der Waals surface area (Å²) in [5.41, 5.74) is 1.74. The van der Waals surface area contributed by atoms with Crippen molar-refractivity contribution in [2.24, 2.45) is 0 Å². The van der Waals surface area contributed by atoms with Crippen LogP contribution >= 0.6 is 0 Å². The van der Waals surface area contributed by atoms with Crippen LogP contribution in [0, 0.1) is 0 Å². The van der Waals surface area contributed by atoms with E-state index >= 15 is 0 Å². The van der Waals surface area contributed by atoms with E-state index in [0.717, 1.165) is 18.3 Å². The summed E-state index contributed by atoms with van der Waals surface area (Å²) >= 11 is 0. The molecule has 1 heterocycles. The molecule has 72 valence electrons. The van der Waals surface area contributed by atoms with Gasteiger partial charge in [0.1, 0.15) is 6.29 Å². The third-order valence-electron chi connectivity index (χ3n) is 2.47. The monoisotopic (exact) mass is 189 g/mol. The van der Waals surface area contributed by atoms with Crippen LogP contribution < -0.4 is 5.32 Å². The Morgan fingerprint density at radius 1 is 1.29 bits per heavy atom. The van der Waals surface area contributed by atoms with Gasteiger partial charge in [0.2, 0.25) is 5.91 Å². The molecule has 1 fully saturated rings. The fraction of sp³-hybridized carbons (Fsp3) is 0.273. The van der Waals surface area contributed by atoms with Crippen molar-refractivity contribution in [3.63, 3.8) is 0 Å². The summed E-state index contributed by atoms with van der Waals surface area (Å²) in [5.74, 6) is 0.106. The number of carbonyl (C=O) groups is 2. The number of amides is 1. The highest BCUT2D eigenvalue weighted by Gasteiger charge is 2.21. The molecule has 1 atom stereocenters. The van der Waals surface area contributed by atoms with Crippen LogP contribution in [0.5, 0.6) is 0 Å². The summed E-state index contributed by atoms with van der Waals surface area (Å²) in [4.78, 5) is 21.4. The van der Waals surface area contributed by atoms with Crippen LogP contribution in [0.25, 0.3) is 0 Å². The van der Waals surface area contributed by atoms with E-state index < -0.39 is 0 Å². The molecule has 0 bridgehead atoms. The van der Waals surface area contributed by atoms with E-state index in [-0.39, 0.29) is 11.9 Å². The van der Waals surface area contributed by atoms with Crippen molar-refractivity contribution >= 4 is 12.2 Å². The first-order valence-corrected chi connectivity index (χ1v) is 4.64. The maximum absolute atomic E-state index is 11.0. The Morgan fingerprint density at radius 3 is 2.50 bits per heavy atom. The zero-order valence-corrected chi connectivity index (χ0v) is 7.69. The quantitative estimate of drug-likeness (QED) is 0.716. The molecule has 3 heteroatoms. The second kappa shape index (κ2) is 3.62. The van der Waals surface area contributed by atoms with Crippen molar-refractivity contribution in [1.29, 1.82) is 0 Å². The van der Waals surface area contributed by atoms with E-state index in [1.165, 1.54) is 0 Å². The first-order chi connectivity index (χ1) is 6.79. The maximum Gasteiger partial charge on any atom is 0.220 e. The molecule has 2 rings (SSSR count). The van der Waals surface area contributed by atoms with E-state index in [4.69, 9.17) is 0 Å². The molecule has 1 saturated heterocycles. The number of nitrogens with one attached hydrogen (secondary N) is 1. The third kappa shape index (κ3) is 1.66. The topological polar surface area (TPSA) is 46.2 Å². The lowest BCUT2D eigenvalue weighted by Crippen LogP contribution is -2.18. The zero-order valence-electron chi connectivity index (χ0n) is 7.69. The van der Waals surface area contributed by atoms with Crippen LogP contribution in [0.4, 0.5) is 0 Å². The molecule has 14 heavy (non-hydrogen) atoms. The van der Waals surface area contributed by atoms with Gasteiger partial charge in [0, 0.05) is 12.0 Å². The summed E-state index contributed by atoms with van der Waals surface area (Å²) < 4.78 is 0. The van der Waals surface area contributed by atoms with Crippen LogP contribution in [0.15, 0.2) is 24.3 Å². The number of rotatable bonds is 2. The van der Waals surface area contributed by atoms with Crippen LogP contribution in [-0.2, 0) is 4.79 Å². The summed E-state index contributed by atoms with van der Waals surface area (Å²) in [6.45, 7) is 0. The lowest BCUT2D eigenvalue weighted by molar-refractivity contribution is -0.119. The minimum atomic E-state index is 0.106. The molecular formula is C11H11NO2. The predicted octanol–water partition coefficient (Wildman–Crippen LogP) is 1.45. The SMILES string of the molecule is O=Cc1ccc(C2CCC(=O)N2)cc1. The van der Waals surface area contributed by atoms with E-state index in [1.807, 2.05) is 12.1 Å². The molecule has 1 aromatic carbocycles. The summed E-state index contributed by atoms with van der Waals surface area (Å²) in [6, 6.07) is 7.45. The Kier molecular flexibility index (Phi) is 2.31. The maximum atomic E-state index is 11.0. The van der Waals surface area contributed by atoms with Crippen LogP contribution in [0.3, 0.4) is 0 Å². The van der Waals surface area contributed by atoms with Gasteiger partial charge in [0.05, 0.1) is 6.04 Å². The van der Waals surface area contributed by atoms with E-state index in [0.29, 0.717) is 12.0 Å². The highest BCUT2D eigenvalue weighted by Crippen LogP contribution is 2.23. The third-order valence-corrected chi connectivity index (χ3v) is 2.47. The predicted molar refractivity (Wildman–Crippen MR) is 51.9 cm³/mol. The lowest BCUT2D eigenvalue weighted by atomic mass is 10.0. The number of hydrogen-bond donors (Lipinski definition) is 1. The average Bonchev–Trinajstić information content (AvgIpc) is 2.65. The van der Waals surface area contributed by atoms with Crippen molar-refractivity contribution in [2.75, 3.05) is 0 Å². The fourth-order valence-electron chi connectivity index (χ4n) is 1.67. The van der Waals surface area contributed by atoms with Gasteiger partial charge in [-0.15, -0.1) is 0 Å². The van der Waals surface area contributed by atoms with Gasteiger partial charge in [-0.25, -0.2) is 0 Å². The molecule has 1 unspecified atom stereocenters. The Labute approximate surface area is 82.1 Å². The summed E-state index contributed by atoms with van der Waals surface area (Å²) in [5, 5.41) is 2.88. The van der Waals surface area contributed by atoms with Crippen molar-refractivity contribution < 1.29 is 9.59 Å². The number of carbonyl (C=O) groups excluding carboxylic acids is 2. The van der Waals surface area contributed by atoms with Crippen LogP contribution in [0.1, 0.15) is 34.8 Å². The molecule has 0 aliphatic carbocycles. The minimum absolute atomic E-state index is 0.106. The largest absolute Gasteiger partial charge is 0.349 e. The fourth-order valence-corrected chi connectivity index (χ4v) is 1.67. The van der Waals surface area contributed by atoms with Gasteiger partial charge in [-0.05, 0) is 12.0 Å². The minimum Gasteiger partial charge on any atom is -0.349 e. The van der Waals surface area contributed by atoms with Crippen molar-refractivity contribution in [1.82, 2.24) is 5.32 Å². The van der Waals surface area contributed by atoms with Crippen molar-refractivity contribution in [2.45, 2.75) is 18.9 Å². The number of hydrogen-bond acceptors (Lipinski definition) is 2. The Bertz CT molecular complexity index is 356. The van der Waals surface area contributed by atoms with Gasteiger partial charge in [0.25, 0.3) is 0 Å². The normalized spacial score (nSPS) is 20.6. The van der Waals surface area contributed by atoms with E-state index in [1.54, 1.807) is 12.1 Å². The van der Waals surface area contributed by atoms with Gasteiger partial charge >= 0.3 is 0 Å². The smallest absolute Gasteiger partial charge is 0.220 e. The molecule has 0 radical (unpaired) electrons. The van der Waals surface area contributed by atoms with Gasteiger partial charge in [-0.3, -0.25) is 9.59 Å². The molecule has 1 N–H and O–H groups in total. The Morgan fingerprint density at radius 2 is 2.00 bits per heavy atom. The molecule has 0 aromatic heterocycles. The molecular weight excluding hydrogens is 178 g/mol. The van der Waals surface area contributed by atoms with Crippen LogP contribution in [-0.4, -0.2) is 12.2 Å². The Balaban J connectivity index is 2.16. The summed E-state index contributed by atoms with van der Waals surface area (Å²) in [7, 11) is 0. The van der Waals surface area contributed by atoms with Gasteiger partial charge in [-0.2, -0.15) is 0 Å². The number of aldehydes is 1. The van der Waals surface area contributed by atoms with Gasteiger partial charge in [0.15, 0.2) is 0 Å². The average molecular weight is 189 g/mol. The standard InChI is InChI=1S/C11H11NO2/c13-7-8-1-3-9(4-2-8)10-5-6-11(14)12-10/h1-4,7,10H,5-6H2,(H,12,14). The first kappa shape index (κ1) is 8.94. The van der Waals surface area contributed by atoms with Gasteiger partial charge < -0.3 is 5.32 Å². The molecule has 0 spiro atoms. The molecule has 3 nitrogen and oxygen atoms in total. The molecule has 1 aliphatic rings. The van der Waals surface area contributed by atoms with E-state index in [2.05, 4.69) is 5.32 Å². The zero-order chi connectivity index (χ0) is 9.97. The second-order valence-electron chi connectivity index (χ2n) is 3.44. The van der Waals surface area contributed by atoms with E-state index in [9.17, 15) is 9.59 Å². The summed E-state index contributed by atoms with van der Waals surface area (Å²) in [6.07, 6.45) is 2.26. The van der Waals surface area contributed by atoms with Crippen LogP contribution in [0.2, 0.25) is 0 Å². The van der Waals surface area contributed by atoms with Gasteiger partial charge in [-0.1, -0.05) is 24.3 Å². The molecule has 0 saturated carbocycles. The highest BCUT2D eigenvalue weighted by molar-refractivity contribution is 5.79. The lowest BCUT2D eigenvalue weighted by Gasteiger charge is -2.09. The van der Waals surface area contributed by atoms with Crippen molar-refractivity contribution in [3.05, 3.63) is 35.4 Å². The number of benzene rings is 1. The Hall–Kier alpha value is -1.64. The molecule has 1 aromatic rings. The molecule has 1 amide bonds. The van der Waals surface area contributed by atoms with Crippen molar-refractivity contribution in [3.8, 4) is 0 Å². The molecule has 1 aliphatic heterocycles.